The summed E-state index contributed by atoms with van der Waals surface area (Å²) in [4.78, 5) is 12.1. The lowest BCUT2D eigenvalue weighted by molar-refractivity contribution is -0.127. The molecule has 4 nitrogen and oxygen atoms in total. The molecule has 1 atom stereocenters. The van der Waals surface area contributed by atoms with E-state index in [1.165, 1.54) is 32.1 Å². The number of para-hydroxylation sites is 2. The third kappa shape index (κ3) is 4.96. The van der Waals surface area contributed by atoms with Gasteiger partial charge in [0.15, 0.2) is 6.10 Å². The van der Waals surface area contributed by atoms with Crippen molar-refractivity contribution >= 4 is 11.6 Å². The van der Waals surface area contributed by atoms with E-state index in [0.717, 1.165) is 24.4 Å². The molecule has 2 N–H and O–H groups in total. The second kappa shape index (κ2) is 8.55. The van der Waals surface area contributed by atoms with E-state index in [9.17, 15) is 4.79 Å². The monoisotopic (exact) mass is 290 g/mol. The molecule has 116 valence electrons. The van der Waals surface area contributed by atoms with Crippen LogP contribution in [0.3, 0.4) is 0 Å². The first-order valence-corrected chi connectivity index (χ1v) is 8.08. The van der Waals surface area contributed by atoms with Crippen molar-refractivity contribution in [3.05, 3.63) is 24.3 Å². The van der Waals surface area contributed by atoms with E-state index in [2.05, 4.69) is 17.6 Å². The Hall–Kier alpha value is -1.71. The maximum atomic E-state index is 12.1. The van der Waals surface area contributed by atoms with Crippen molar-refractivity contribution in [1.82, 2.24) is 5.32 Å². The van der Waals surface area contributed by atoms with E-state index in [1.54, 1.807) is 0 Å². The molecular weight excluding hydrogens is 264 g/mol. The third-order valence-corrected chi connectivity index (χ3v) is 3.76. The maximum absolute atomic E-state index is 12.1. The van der Waals surface area contributed by atoms with Crippen LogP contribution in [0.1, 0.15) is 45.4 Å². The fourth-order valence-corrected chi connectivity index (χ4v) is 2.49. The van der Waals surface area contributed by atoms with Crippen LogP contribution in [-0.4, -0.2) is 25.1 Å². The highest BCUT2D eigenvalue weighted by molar-refractivity contribution is 5.83. The number of nitrogens with one attached hydrogen (secondary N) is 2. The largest absolute Gasteiger partial charge is 0.477 e. The molecule has 1 heterocycles. The van der Waals surface area contributed by atoms with Gasteiger partial charge in [0, 0.05) is 6.54 Å². The number of ether oxygens (including phenoxy) is 1. The average Bonchev–Trinajstić information content (AvgIpc) is 2.53. The number of carbonyl (C=O) groups excluding carboxylic acids is 1. The van der Waals surface area contributed by atoms with Crippen molar-refractivity contribution in [2.45, 2.75) is 51.6 Å². The summed E-state index contributed by atoms with van der Waals surface area (Å²) < 4.78 is 5.73. The standard InChI is InChI=1S/C17H26N2O2/c1-2-3-4-5-6-9-12-18-17(20)16-13-19-14-10-7-8-11-15(14)21-16/h7-8,10-11,16,19H,2-6,9,12-13H2,1H3,(H,18,20). The van der Waals surface area contributed by atoms with Gasteiger partial charge in [-0.05, 0) is 18.6 Å². The van der Waals surface area contributed by atoms with Crippen LogP contribution < -0.4 is 15.4 Å². The number of hydrogen-bond acceptors (Lipinski definition) is 3. The number of fused-ring (bicyclic) bond motifs is 1. The van der Waals surface area contributed by atoms with Gasteiger partial charge in [-0.1, -0.05) is 51.2 Å². The van der Waals surface area contributed by atoms with E-state index < -0.39 is 6.10 Å². The molecule has 0 radical (unpaired) electrons. The lowest BCUT2D eigenvalue weighted by atomic mass is 10.1. The number of rotatable bonds is 8. The normalized spacial score (nSPS) is 16.5. The Bertz CT molecular complexity index is 448. The second-order valence-electron chi connectivity index (χ2n) is 5.54. The molecule has 1 aromatic rings. The van der Waals surface area contributed by atoms with Gasteiger partial charge in [0.05, 0.1) is 12.2 Å². The van der Waals surface area contributed by atoms with Crippen molar-refractivity contribution in [3.63, 3.8) is 0 Å². The van der Waals surface area contributed by atoms with Crippen molar-refractivity contribution in [2.24, 2.45) is 0 Å². The van der Waals surface area contributed by atoms with Crippen LogP contribution in [0.5, 0.6) is 5.75 Å². The Morgan fingerprint density at radius 2 is 2.00 bits per heavy atom. The maximum Gasteiger partial charge on any atom is 0.262 e. The van der Waals surface area contributed by atoms with Gasteiger partial charge in [0.25, 0.3) is 5.91 Å². The Labute approximate surface area is 127 Å². The van der Waals surface area contributed by atoms with Gasteiger partial charge in [0.2, 0.25) is 0 Å². The van der Waals surface area contributed by atoms with Gasteiger partial charge in [0.1, 0.15) is 5.75 Å². The molecular formula is C17H26N2O2. The zero-order valence-electron chi connectivity index (χ0n) is 12.9. The molecule has 4 heteroatoms. The van der Waals surface area contributed by atoms with Crippen LogP contribution >= 0.6 is 0 Å². The molecule has 0 bridgehead atoms. The molecule has 0 aliphatic carbocycles. The van der Waals surface area contributed by atoms with Gasteiger partial charge in [-0.3, -0.25) is 4.79 Å². The average molecular weight is 290 g/mol. The fourth-order valence-electron chi connectivity index (χ4n) is 2.49. The van der Waals surface area contributed by atoms with E-state index in [4.69, 9.17) is 4.74 Å². The molecule has 1 aliphatic heterocycles. The summed E-state index contributed by atoms with van der Waals surface area (Å²) in [6.07, 6.45) is 6.95. The highest BCUT2D eigenvalue weighted by Gasteiger charge is 2.24. The summed E-state index contributed by atoms with van der Waals surface area (Å²) >= 11 is 0. The highest BCUT2D eigenvalue weighted by atomic mass is 16.5. The zero-order valence-corrected chi connectivity index (χ0v) is 12.9. The zero-order chi connectivity index (χ0) is 14.9. The Morgan fingerprint density at radius 1 is 1.24 bits per heavy atom. The molecule has 0 fully saturated rings. The summed E-state index contributed by atoms with van der Waals surface area (Å²) in [5.74, 6) is 0.731. The van der Waals surface area contributed by atoms with Crippen molar-refractivity contribution in [2.75, 3.05) is 18.4 Å². The first-order chi connectivity index (χ1) is 10.3. The first kappa shape index (κ1) is 15.7. The molecule has 1 unspecified atom stereocenters. The Kier molecular flexibility index (Phi) is 6.38. The number of benzene rings is 1. The summed E-state index contributed by atoms with van der Waals surface area (Å²) in [6, 6.07) is 7.71. The summed E-state index contributed by atoms with van der Waals surface area (Å²) in [5, 5.41) is 6.20. The molecule has 0 spiro atoms. The minimum Gasteiger partial charge on any atom is -0.477 e. The van der Waals surface area contributed by atoms with Crippen molar-refractivity contribution in [1.29, 1.82) is 0 Å². The minimum atomic E-state index is -0.431. The summed E-state index contributed by atoms with van der Waals surface area (Å²) in [6.45, 7) is 3.49. The lowest BCUT2D eigenvalue weighted by Gasteiger charge is -2.26. The van der Waals surface area contributed by atoms with Crippen LogP contribution in [0.2, 0.25) is 0 Å². The number of amides is 1. The van der Waals surface area contributed by atoms with Gasteiger partial charge < -0.3 is 15.4 Å². The SMILES string of the molecule is CCCCCCCCNC(=O)C1CNc2ccccc2O1. The first-order valence-electron chi connectivity index (χ1n) is 8.08. The quantitative estimate of drug-likeness (QED) is 0.722. The molecule has 1 aliphatic rings. The summed E-state index contributed by atoms with van der Waals surface area (Å²) in [7, 11) is 0. The molecule has 2 rings (SSSR count). The number of unbranched alkanes of at least 4 members (excludes halogenated alkanes) is 5. The highest BCUT2D eigenvalue weighted by Crippen LogP contribution is 2.28. The number of hydrogen-bond donors (Lipinski definition) is 2. The van der Waals surface area contributed by atoms with Gasteiger partial charge in [-0.15, -0.1) is 0 Å². The summed E-state index contributed by atoms with van der Waals surface area (Å²) in [5.41, 5.74) is 0.956. The molecule has 1 aromatic carbocycles. The Morgan fingerprint density at radius 3 is 2.86 bits per heavy atom. The number of carbonyl (C=O) groups is 1. The van der Waals surface area contributed by atoms with Gasteiger partial charge in [-0.2, -0.15) is 0 Å². The molecule has 0 aromatic heterocycles. The number of anilines is 1. The van der Waals surface area contributed by atoms with E-state index in [-0.39, 0.29) is 5.91 Å². The van der Waals surface area contributed by atoms with Crippen LogP contribution in [-0.2, 0) is 4.79 Å². The van der Waals surface area contributed by atoms with Crippen molar-refractivity contribution < 1.29 is 9.53 Å². The predicted molar refractivity (Wildman–Crippen MR) is 85.7 cm³/mol. The molecule has 0 saturated heterocycles. The molecule has 0 saturated carbocycles. The van der Waals surface area contributed by atoms with Crippen LogP contribution in [0.25, 0.3) is 0 Å². The van der Waals surface area contributed by atoms with E-state index >= 15 is 0 Å². The lowest BCUT2D eigenvalue weighted by Crippen LogP contribution is -2.44. The minimum absolute atomic E-state index is 0.0226. The van der Waals surface area contributed by atoms with E-state index in [1.807, 2.05) is 24.3 Å². The molecule has 1 amide bonds. The smallest absolute Gasteiger partial charge is 0.262 e. The third-order valence-electron chi connectivity index (χ3n) is 3.76. The molecule has 21 heavy (non-hydrogen) atoms. The van der Waals surface area contributed by atoms with Gasteiger partial charge in [-0.25, -0.2) is 0 Å². The van der Waals surface area contributed by atoms with Crippen LogP contribution in [0.4, 0.5) is 5.69 Å². The van der Waals surface area contributed by atoms with E-state index in [0.29, 0.717) is 6.54 Å². The predicted octanol–water partition coefficient (Wildman–Crippen LogP) is 3.34. The Balaban J connectivity index is 1.64. The van der Waals surface area contributed by atoms with Gasteiger partial charge >= 0.3 is 0 Å². The fraction of sp³-hybridized carbons (Fsp3) is 0.588. The van der Waals surface area contributed by atoms with Crippen LogP contribution in [0, 0.1) is 0 Å². The van der Waals surface area contributed by atoms with Crippen LogP contribution in [0.15, 0.2) is 24.3 Å². The topological polar surface area (TPSA) is 50.4 Å². The van der Waals surface area contributed by atoms with Crippen molar-refractivity contribution in [3.8, 4) is 5.75 Å². The second-order valence-corrected chi connectivity index (χ2v) is 5.54.